The summed E-state index contributed by atoms with van der Waals surface area (Å²) in [6, 6.07) is 16.2. The molecule has 15 heteroatoms. The predicted molar refractivity (Wildman–Crippen MR) is 147 cm³/mol. The number of non-ortho nitro benzene ring substituents is 3. The summed E-state index contributed by atoms with van der Waals surface area (Å²) in [4.78, 5) is 57.2. The molecule has 3 rings (SSSR count). The summed E-state index contributed by atoms with van der Waals surface area (Å²) in [5.41, 5.74) is 2.09. The van der Waals surface area contributed by atoms with Crippen LogP contribution in [0.15, 0.2) is 77.9 Å². The van der Waals surface area contributed by atoms with Gasteiger partial charge in [-0.3, -0.25) is 39.9 Å². The molecule has 0 bridgehead atoms. The van der Waals surface area contributed by atoms with Crippen molar-refractivity contribution in [2.75, 3.05) is 5.75 Å². The molecule has 0 aliphatic heterocycles. The number of amides is 2. The number of carbonyl (C=O) groups excluding carboxylic acids is 2. The second kappa shape index (κ2) is 13.6. The van der Waals surface area contributed by atoms with Gasteiger partial charge in [-0.25, -0.2) is 5.43 Å². The maximum Gasteiger partial charge on any atom is 0.277 e. The van der Waals surface area contributed by atoms with E-state index in [4.69, 9.17) is 0 Å². The van der Waals surface area contributed by atoms with E-state index in [1.165, 1.54) is 36.9 Å². The van der Waals surface area contributed by atoms with E-state index in [0.717, 1.165) is 23.8 Å². The SMILES string of the molecule is C/C(=N\NC(=O)C(CSCc1ccccc1)NC(=O)c1cc([N+](=O)[O-])cc([N+](=O)[O-])c1)c1cccc([N+](=O)[O-])c1. The zero-order valence-corrected chi connectivity index (χ0v) is 21.7. The maximum atomic E-state index is 13.0. The van der Waals surface area contributed by atoms with Crippen LogP contribution in [0.3, 0.4) is 0 Å². The number of hydrazone groups is 1. The van der Waals surface area contributed by atoms with Crippen LogP contribution in [-0.2, 0) is 10.5 Å². The normalized spacial score (nSPS) is 11.8. The minimum atomic E-state index is -1.19. The number of nitro groups is 3. The standard InChI is InChI=1S/C25H22N6O8S/c1-16(18-8-5-9-20(10-18)29(34)35)27-28-25(33)23(15-40-14-17-6-3-2-4-7-17)26-24(32)19-11-21(30(36)37)13-22(12-19)31(38)39/h2-13,23H,14-15H2,1H3,(H,26,32)(H,28,33)/b27-16+. The highest BCUT2D eigenvalue weighted by atomic mass is 32.2. The fourth-order valence-electron chi connectivity index (χ4n) is 3.36. The molecule has 0 saturated heterocycles. The second-order valence-corrected chi connectivity index (χ2v) is 9.29. The third-order valence-electron chi connectivity index (χ3n) is 5.41. The lowest BCUT2D eigenvalue weighted by Crippen LogP contribution is -2.47. The second-order valence-electron chi connectivity index (χ2n) is 8.26. The van der Waals surface area contributed by atoms with Crippen LogP contribution in [0.25, 0.3) is 0 Å². The van der Waals surface area contributed by atoms with E-state index >= 15 is 0 Å². The predicted octanol–water partition coefficient (Wildman–Crippen LogP) is 3.98. The van der Waals surface area contributed by atoms with Gasteiger partial charge in [-0.15, -0.1) is 0 Å². The van der Waals surface area contributed by atoms with Crippen molar-refractivity contribution in [3.8, 4) is 0 Å². The lowest BCUT2D eigenvalue weighted by Gasteiger charge is -2.17. The van der Waals surface area contributed by atoms with E-state index in [2.05, 4.69) is 15.8 Å². The Labute approximate surface area is 230 Å². The third kappa shape index (κ3) is 8.16. The Hall–Kier alpha value is -5.18. The van der Waals surface area contributed by atoms with Crippen molar-refractivity contribution in [1.29, 1.82) is 0 Å². The van der Waals surface area contributed by atoms with Crippen molar-refractivity contribution in [2.45, 2.75) is 18.7 Å². The van der Waals surface area contributed by atoms with Crippen molar-refractivity contribution in [1.82, 2.24) is 10.7 Å². The van der Waals surface area contributed by atoms with Gasteiger partial charge in [0.15, 0.2) is 0 Å². The molecular weight excluding hydrogens is 544 g/mol. The molecule has 40 heavy (non-hydrogen) atoms. The molecule has 2 N–H and O–H groups in total. The topological polar surface area (TPSA) is 200 Å². The molecule has 0 heterocycles. The first-order valence-electron chi connectivity index (χ1n) is 11.5. The van der Waals surface area contributed by atoms with E-state index in [1.54, 1.807) is 6.07 Å². The molecule has 0 fully saturated rings. The molecule has 0 aliphatic carbocycles. The first-order chi connectivity index (χ1) is 19.0. The number of nitrogens with one attached hydrogen (secondary N) is 2. The van der Waals surface area contributed by atoms with Crippen molar-refractivity contribution < 1.29 is 24.4 Å². The number of hydrogen-bond donors (Lipinski definition) is 2. The number of hydrogen-bond acceptors (Lipinski definition) is 10. The van der Waals surface area contributed by atoms with Gasteiger partial charge in [-0.1, -0.05) is 42.5 Å². The summed E-state index contributed by atoms with van der Waals surface area (Å²) in [6.45, 7) is 1.53. The molecule has 0 spiro atoms. The lowest BCUT2D eigenvalue weighted by atomic mass is 10.1. The van der Waals surface area contributed by atoms with Crippen molar-refractivity contribution >= 4 is 46.4 Å². The van der Waals surface area contributed by atoms with Gasteiger partial charge < -0.3 is 5.32 Å². The average molecular weight is 567 g/mol. The van der Waals surface area contributed by atoms with Crippen molar-refractivity contribution in [3.05, 3.63) is 120 Å². The first-order valence-corrected chi connectivity index (χ1v) is 12.7. The fraction of sp³-hybridized carbons (Fsp3) is 0.160. The van der Waals surface area contributed by atoms with Crippen molar-refractivity contribution in [3.63, 3.8) is 0 Å². The lowest BCUT2D eigenvalue weighted by molar-refractivity contribution is -0.394. The zero-order chi connectivity index (χ0) is 29.2. The van der Waals surface area contributed by atoms with Crippen LogP contribution >= 0.6 is 11.8 Å². The largest absolute Gasteiger partial charge is 0.339 e. The Bertz CT molecular complexity index is 1450. The summed E-state index contributed by atoms with van der Waals surface area (Å²) in [5.74, 6) is -1.11. The van der Waals surface area contributed by atoms with Crippen LogP contribution in [0.2, 0.25) is 0 Å². The van der Waals surface area contributed by atoms with Crippen LogP contribution in [-0.4, -0.2) is 44.1 Å². The molecule has 0 saturated carbocycles. The minimum Gasteiger partial charge on any atom is -0.339 e. The quantitative estimate of drug-likeness (QED) is 0.185. The summed E-state index contributed by atoms with van der Waals surface area (Å²) in [5, 5.41) is 39.9. The number of benzene rings is 3. The van der Waals surface area contributed by atoms with Crippen LogP contribution in [0, 0.1) is 30.3 Å². The molecule has 3 aromatic carbocycles. The summed E-state index contributed by atoms with van der Waals surface area (Å²) in [6.07, 6.45) is 0. The zero-order valence-electron chi connectivity index (χ0n) is 20.9. The summed E-state index contributed by atoms with van der Waals surface area (Å²) >= 11 is 1.32. The van der Waals surface area contributed by atoms with Crippen molar-refractivity contribution in [2.24, 2.45) is 5.10 Å². The maximum absolute atomic E-state index is 13.0. The molecule has 0 aliphatic rings. The molecule has 1 unspecified atom stereocenters. The first kappa shape index (κ1) is 29.4. The van der Waals surface area contributed by atoms with Gasteiger partial charge in [0.2, 0.25) is 0 Å². The number of nitrogens with zero attached hydrogens (tertiary/aromatic N) is 4. The highest BCUT2D eigenvalue weighted by Crippen LogP contribution is 2.23. The van der Waals surface area contributed by atoms with E-state index in [9.17, 15) is 39.9 Å². The Kier molecular flexibility index (Phi) is 9.96. The third-order valence-corrected chi connectivity index (χ3v) is 6.52. The summed E-state index contributed by atoms with van der Waals surface area (Å²) in [7, 11) is 0. The molecule has 3 aromatic rings. The molecule has 0 aromatic heterocycles. The van der Waals surface area contributed by atoms with Crippen LogP contribution in [0.1, 0.15) is 28.4 Å². The fourth-order valence-corrected chi connectivity index (χ4v) is 4.37. The monoisotopic (exact) mass is 566 g/mol. The van der Waals surface area contributed by atoms with E-state index in [0.29, 0.717) is 11.3 Å². The number of carbonyl (C=O) groups is 2. The molecular formula is C25H22N6O8S. The van der Waals surface area contributed by atoms with Gasteiger partial charge in [-0.2, -0.15) is 16.9 Å². The Balaban J connectivity index is 1.81. The number of nitro benzene ring substituents is 3. The van der Waals surface area contributed by atoms with Crippen LogP contribution in [0.5, 0.6) is 0 Å². The number of thioether (sulfide) groups is 1. The van der Waals surface area contributed by atoms with Crippen LogP contribution in [0.4, 0.5) is 17.1 Å². The molecule has 0 radical (unpaired) electrons. The Morgan fingerprint density at radius 2 is 1.43 bits per heavy atom. The highest BCUT2D eigenvalue weighted by Gasteiger charge is 2.25. The van der Waals surface area contributed by atoms with E-state index in [-0.39, 0.29) is 22.7 Å². The molecule has 1 atom stereocenters. The Morgan fingerprint density at radius 3 is 2.02 bits per heavy atom. The van der Waals surface area contributed by atoms with E-state index in [1.807, 2.05) is 30.3 Å². The molecule has 206 valence electrons. The van der Waals surface area contributed by atoms with Gasteiger partial charge in [0, 0.05) is 41.3 Å². The number of rotatable bonds is 12. The van der Waals surface area contributed by atoms with Gasteiger partial charge in [0.1, 0.15) is 6.04 Å². The van der Waals surface area contributed by atoms with Gasteiger partial charge in [0.25, 0.3) is 28.9 Å². The van der Waals surface area contributed by atoms with E-state index < -0.39 is 44.0 Å². The summed E-state index contributed by atoms with van der Waals surface area (Å²) < 4.78 is 0. The van der Waals surface area contributed by atoms with Gasteiger partial charge in [0.05, 0.1) is 32.1 Å². The Morgan fingerprint density at radius 1 is 0.825 bits per heavy atom. The highest BCUT2D eigenvalue weighted by molar-refractivity contribution is 7.98. The average Bonchev–Trinajstić information content (AvgIpc) is 2.95. The van der Waals surface area contributed by atoms with Gasteiger partial charge >= 0.3 is 0 Å². The van der Waals surface area contributed by atoms with Crippen LogP contribution < -0.4 is 10.7 Å². The minimum absolute atomic E-state index is 0.0643. The smallest absolute Gasteiger partial charge is 0.277 e. The van der Waals surface area contributed by atoms with Gasteiger partial charge in [-0.05, 0) is 12.5 Å². The molecule has 14 nitrogen and oxygen atoms in total. The molecule has 2 amide bonds.